The summed E-state index contributed by atoms with van der Waals surface area (Å²) < 4.78 is 5.07. The number of allylic oxidation sites excluding steroid dienone is 1. The quantitative estimate of drug-likeness (QED) is 0.297. The van der Waals surface area contributed by atoms with Crippen molar-refractivity contribution in [2.45, 2.75) is 51.0 Å². The first-order chi connectivity index (χ1) is 18.2. The van der Waals surface area contributed by atoms with Crippen LogP contribution in [0.5, 0.6) is 0 Å². The zero-order chi connectivity index (χ0) is 27.4. The summed E-state index contributed by atoms with van der Waals surface area (Å²) in [5.41, 5.74) is 0.857. The van der Waals surface area contributed by atoms with Crippen LogP contribution < -0.4 is 5.32 Å². The molecule has 2 aliphatic heterocycles. The number of aliphatic carboxylic acids is 1. The number of nitro benzene ring substituents is 1. The molecular weight excluding hydrogens is 486 g/mol. The van der Waals surface area contributed by atoms with E-state index in [1.165, 1.54) is 30.9 Å². The maximum absolute atomic E-state index is 13.2. The number of hydrogen-bond donors (Lipinski definition) is 2. The molecule has 0 amide bonds. The zero-order valence-corrected chi connectivity index (χ0v) is 22.1. The van der Waals surface area contributed by atoms with E-state index in [9.17, 15) is 24.8 Å². The molecule has 38 heavy (non-hydrogen) atoms. The lowest BCUT2D eigenvalue weighted by atomic mass is 9.60. The third kappa shape index (κ3) is 5.15. The molecule has 3 atom stereocenters. The topological polar surface area (TPSA) is 122 Å². The standard InChI is InChI=1S/C29H35N3O6/c1-19-25(27(33)38-3)26(23-10-7-11-24(18-23)32(36)37)29(28(34)35,20(2)30-19)14-17-31-15-12-22(13-16-31)21-8-5-4-6-9-21/h4-11,18,20,22,26,30H,12-17H2,1-3H3,(H,34,35). The van der Waals surface area contributed by atoms with Crippen molar-refractivity contribution < 1.29 is 24.4 Å². The van der Waals surface area contributed by atoms with Crippen LogP contribution in [0.2, 0.25) is 0 Å². The van der Waals surface area contributed by atoms with E-state index in [2.05, 4.69) is 34.5 Å². The molecule has 4 rings (SSSR count). The predicted octanol–water partition coefficient (Wildman–Crippen LogP) is 4.46. The van der Waals surface area contributed by atoms with Crippen LogP contribution in [0.3, 0.4) is 0 Å². The van der Waals surface area contributed by atoms with E-state index >= 15 is 0 Å². The van der Waals surface area contributed by atoms with Gasteiger partial charge >= 0.3 is 11.9 Å². The first-order valence-electron chi connectivity index (χ1n) is 13.0. The Morgan fingerprint density at radius 1 is 1.13 bits per heavy atom. The van der Waals surface area contributed by atoms with Crippen LogP contribution in [-0.2, 0) is 14.3 Å². The highest BCUT2D eigenvalue weighted by molar-refractivity contribution is 5.94. The van der Waals surface area contributed by atoms with E-state index in [-0.39, 0.29) is 17.7 Å². The van der Waals surface area contributed by atoms with Gasteiger partial charge in [0.1, 0.15) is 0 Å². The Kier molecular flexibility index (Phi) is 8.16. The third-order valence-corrected chi connectivity index (χ3v) is 8.33. The monoisotopic (exact) mass is 521 g/mol. The van der Waals surface area contributed by atoms with Crippen molar-refractivity contribution in [2.24, 2.45) is 5.41 Å². The summed E-state index contributed by atoms with van der Waals surface area (Å²) in [6, 6.07) is 15.8. The van der Waals surface area contributed by atoms with E-state index in [0.717, 1.165) is 25.9 Å². The smallest absolute Gasteiger partial charge is 0.336 e. The van der Waals surface area contributed by atoms with Gasteiger partial charge in [-0.05, 0) is 69.8 Å². The summed E-state index contributed by atoms with van der Waals surface area (Å²) in [6.07, 6.45) is 2.23. The fraction of sp³-hybridized carbons (Fsp3) is 0.448. The number of nitro groups is 1. The van der Waals surface area contributed by atoms with Crippen LogP contribution in [0.4, 0.5) is 5.69 Å². The Bertz CT molecular complexity index is 1220. The van der Waals surface area contributed by atoms with Gasteiger partial charge in [0.2, 0.25) is 0 Å². The van der Waals surface area contributed by atoms with Gasteiger partial charge in [0, 0.05) is 29.8 Å². The summed E-state index contributed by atoms with van der Waals surface area (Å²) in [5, 5.41) is 25.6. The number of ether oxygens (including phenoxy) is 1. The zero-order valence-electron chi connectivity index (χ0n) is 22.1. The van der Waals surface area contributed by atoms with Crippen molar-refractivity contribution in [3.05, 3.63) is 87.1 Å². The highest BCUT2D eigenvalue weighted by atomic mass is 16.6. The number of non-ortho nitro benzene ring substituents is 1. The third-order valence-electron chi connectivity index (χ3n) is 8.33. The Morgan fingerprint density at radius 2 is 1.79 bits per heavy atom. The highest BCUT2D eigenvalue weighted by Crippen LogP contribution is 2.51. The van der Waals surface area contributed by atoms with Crippen LogP contribution >= 0.6 is 0 Å². The molecular formula is C29H35N3O6. The van der Waals surface area contributed by atoms with Crippen molar-refractivity contribution >= 4 is 17.6 Å². The minimum Gasteiger partial charge on any atom is -0.481 e. The molecule has 0 saturated carbocycles. The average Bonchev–Trinajstić information content (AvgIpc) is 2.92. The second-order valence-corrected chi connectivity index (χ2v) is 10.3. The fourth-order valence-corrected chi connectivity index (χ4v) is 6.25. The maximum Gasteiger partial charge on any atom is 0.336 e. The van der Waals surface area contributed by atoms with Crippen molar-refractivity contribution in [2.75, 3.05) is 26.7 Å². The number of piperidine rings is 1. The van der Waals surface area contributed by atoms with Crippen LogP contribution in [0.1, 0.15) is 56.1 Å². The molecule has 9 nitrogen and oxygen atoms in total. The first kappa shape index (κ1) is 27.3. The SMILES string of the molecule is COC(=O)C1=C(C)NC(C)C(CCN2CCC(c3ccccc3)CC2)(C(=O)O)C1c1cccc([N+](=O)[O-])c1. The summed E-state index contributed by atoms with van der Waals surface area (Å²) in [7, 11) is 1.25. The molecule has 2 aromatic rings. The molecule has 1 saturated heterocycles. The molecule has 1 fully saturated rings. The molecule has 9 heteroatoms. The number of esters is 1. The van der Waals surface area contributed by atoms with Gasteiger partial charge < -0.3 is 20.1 Å². The molecule has 0 aliphatic carbocycles. The van der Waals surface area contributed by atoms with Crippen LogP contribution in [0, 0.1) is 15.5 Å². The summed E-state index contributed by atoms with van der Waals surface area (Å²) >= 11 is 0. The minimum absolute atomic E-state index is 0.155. The number of likely N-dealkylation sites (tertiary alicyclic amines) is 1. The normalized spacial score (nSPS) is 24.5. The number of carbonyl (C=O) groups excluding carboxylic acids is 1. The average molecular weight is 522 g/mol. The number of rotatable bonds is 8. The van der Waals surface area contributed by atoms with Crippen molar-refractivity contribution in [3.63, 3.8) is 0 Å². The Hall–Kier alpha value is -3.72. The number of carbonyl (C=O) groups is 2. The van der Waals surface area contributed by atoms with Gasteiger partial charge in [-0.15, -0.1) is 0 Å². The molecule has 3 unspecified atom stereocenters. The minimum atomic E-state index is -1.44. The molecule has 2 aromatic carbocycles. The predicted molar refractivity (Wildman–Crippen MR) is 143 cm³/mol. The number of carboxylic acid groups (broad SMARTS) is 1. The number of nitrogens with one attached hydrogen (secondary N) is 1. The van der Waals surface area contributed by atoms with Crippen molar-refractivity contribution in [3.8, 4) is 0 Å². The molecule has 2 heterocycles. The summed E-state index contributed by atoms with van der Waals surface area (Å²) in [5.74, 6) is -2.15. The number of nitrogens with zero attached hydrogens (tertiary/aromatic N) is 2. The van der Waals surface area contributed by atoms with Gasteiger partial charge in [-0.1, -0.05) is 42.5 Å². The fourth-order valence-electron chi connectivity index (χ4n) is 6.25. The molecule has 2 N–H and O–H groups in total. The van der Waals surface area contributed by atoms with E-state index in [4.69, 9.17) is 4.74 Å². The van der Waals surface area contributed by atoms with Crippen LogP contribution in [-0.4, -0.2) is 59.7 Å². The first-order valence-corrected chi connectivity index (χ1v) is 13.0. The van der Waals surface area contributed by atoms with Gasteiger partial charge in [-0.2, -0.15) is 0 Å². The largest absolute Gasteiger partial charge is 0.481 e. The molecule has 0 spiro atoms. The Labute approximate surface area is 222 Å². The van der Waals surface area contributed by atoms with Crippen molar-refractivity contribution in [1.29, 1.82) is 0 Å². The van der Waals surface area contributed by atoms with Gasteiger partial charge in [-0.3, -0.25) is 14.9 Å². The van der Waals surface area contributed by atoms with E-state index in [1.807, 2.05) is 6.07 Å². The lowest BCUT2D eigenvalue weighted by Gasteiger charge is -2.48. The Balaban J connectivity index is 1.67. The second-order valence-electron chi connectivity index (χ2n) is 10.3. The highest BCUT2D eigenvalue weighted by Gasteiger charge is 2.56. The van der Waals surface area contributed by atoms with Gasteiger partial charge in [0.15, 0.2) is 0 Å². The number of hydrogen-bond acceptors (Lipinski definition) is 7. The number of benzene rings is 2. The lowest BCUT2D eigenvalue weighted by molar-refractivity contribution is -0.384. The lowest BCUT2D eigenvalue weighted by Crippen LogP contribution is -2.57. The molecule has 202 valence electrons. The van der Waals surface area contributed by atoms with Gasteiger partial charge in [-0.25, -0.2) is 4.79 Å². The van der Waals surface area contributed by atoms with Gasteiger partial charge in [0.05, 0.1) is 23.0 Å². The van der Waals surface area contributed by atoms with E-state index in [0.29, 0.717) is 23.7 Å². The summed E-state index contributed by atoms with van der Waals surface area (Å²) in [4.78, 5) is 39.5. The van der Waals surface area contributed by atoms with Crippen LogP contribution in [0.15, 0.2) is 65.9 Å². The second kappa shape index (κ2) is 11.3. The molecule has 0 radical (unpaired) electrons. The van der Waals surface area contributed by atoms with Crippen molar-refractivity contribution in [1.82, 2.24) is 10.2 Å². The van der Waals surface area contributed by atoms with E-state index in [1.54, 1.807) is 19.9 Å². The maximum atomic E-state index is 13.2. The van der Waals surface area contributed by atoms with Crippen LogP contribution in [0.25, 0.3) is 0 Å². The summed E-state index contributed by atoms with van der Waals surface area (Å²) in [6.45, 7) is 5.73. The van der Waals surface area contributed by atoms with Gasteiger partial charge in [0.25, 0.3) is 5.69 Å². The number of methoxy groups -OCH3 is 1. The molecule has 0 bridgehead atoms. The molecule has 0 aromatic heterocycles. The molecule has 2 aliphatic rings. The number of carboxylic acids is 1. The Morgan fingerprint density at radius 3 is 2.39 bits per heavy atom. The van der Waals surface area contributed by atoms with E-state index < -0.39 is 34.2 Å².